The molecule has 0 bridgehead atoms. The first-order valence-electron chi connectivity index (χ1n) is 7.67. The maximum atomic E-state index is 6.22. The average Bonchev–Trinajstić information content (AvgIpc) is 2.94. The third-order valence-corrected chi connectivity index (χ3v) is 5.13. The zero-order valence-corrected chi connectivity index (χ0v) is 13.5. The fourth-order valence-corrected chi connectivity index (χ4v) is 3.53. The van der Waals surface area contributed by atoms with Crippen LogP contribution in [0.4, 0.5) is 0 Å². The first-order valence-corrected chi connectivity index (χ1v) is 8.05. The van der Waals surface area contributed by atoms with Crippen LogP contribution in [0.15, 0.2) is 42.5 Å². The molecule has 0 amide bonds. The Kier molecular flexibility index (Phi) is 4.32. The Bertz CT molecular complexity index is 621. The van der Waals surface area contributed by atoms with Crippen LogP contribution in [0.25, 0.3) is 0 Å². The molecule has 0 aromatic heterocycles. The summed E-state index contributed by atoms with van der Waals surface area (Å²) in [6.07, 6.45) is 1.24. The van der Waals surface area contributed by atoms with E-state index in [1.165, 1.54) is 35.2 Å². The van der Waals surface area contributed by atoms with Crippen molar-refractivity contribution in [2.75, 3.05) is 13.1 Å². The Hall–Kier alpha value is -1.31. The number of hydrogen-bond acceptors (Lipinski definition) is 1. The van der Waals surface area contributed by atoms with Gasteiger partial charge < -0.3 is 0 Å². The number of halogens is 1. The summed E-state index contributed by atoms with van der Waals surface area (Å²) in [6, 6.07) is 15.0. The molecule has 3 rings (SSSR count). The smallest absolute Gasteiger partial charge is 0.0438 e. The second-order valence-corrected chi connectivity index (χ2v) is 6.50. The van der Waals surface area contributed by atoms with Crippen molar-refractivity contribution in [1.82, 2.24) is 4.90 Å². The van der Waals surface area contributed by atoms with Crippen molar-refractivity contribution in [3.05, 3.63) is 69.7 Å². The number of likely N-dealkylation sites (tertiary alicyclic amines) is 1. The molecule has 1 aliphatic heterocycles. The molecule has 2 aromatic rings. The van der Waals surface area contributed by atoms with Crippen LogP contribution in [0.1, 0.15) is 34.6 Å². The highest BCUT2D eigenvalue weighted by Gasteiger charge is 2.25. The normalized spacial score (nSPS) is 19.1. The van der Waals surface area contributed by atoms with Gasteiger partial charge in [-0.15, -0.1) is 0 Å². The van der Waals surface area contributed by atoms with Crippen molar-refractivity contribution >= 4 is 11.6 Å². The highest BCUT2D eigenvalue weighted by molar-refractivity contribution is 6.31. The van der Waals surface area contributed by atoms with Gasteiger partial charge in [-0.25, -0.2) is 0 Å². The van der Waals surface area contributed by atoms with Crippen LogP contribution in [-0.2, 0) is 6.54 Å². The largest absolute Gasteiger partial charge is 0.298 e. The van der Waals surface area contributed by atoms with E-state index in [2.05, 4.69) is 61.2 Å². The van der Waals surface area contributed by atoms with Gasteiger partial charge in [0.1, 0.15) is 0 Å². The second-order valence-electron chi connectivity index (χ2n) is 6.09. The molecule has 1 fully saturated rings. The predicted molar refractivity (Wildman–Crippen MR) is 90.0 cm³/mol. The molecule has 1 atom stereocenters. The Labute approximate surface area is 132 Å². The third-order valence-electron chi connectivity index (χ3n) is 4.72. The predicted octanol–water partition coefficient (Wildman–Crippen LogP) is 4.95. The van der Waals surface area contributed by atoms with E-state index in [0.29, 0.717) is 5.92 Å². The molecule has 0 aliphatic carbocycles. The molecule has 1 saturated heterocycles. The lowest BCUT2D eigenvalue weighted by Gasteiger charge is -2.18. The fraction of sp³-hybridized carbons (Fsp3) is 0.368. The minimum Gasteiger partial charge on any atom is -0.298 e. The Morgan fingerprint density at radius 1 is 1.05 bits per heavy atom. The van der Waals surface area contributed by atoms with Crippen LogP contribution in [0.2, 0.25) is 5.02 Å². The van der Waals surface area contributed by atoms with E-state index in [4.69, 9.17) is 11.6 Å². The number of rotatable bonds is 3. The van der Waals surface area contributed by atoms with E-state index in [9.17, 15) is 0 Å². The van der Waals surface area contributed by atoms with Gasteiger partial charge in [-0.05, 0) is 61.1 Å². The molecule has 0 N–H and O–H groups in total. The molecule has 0 saturated carbocycles. The Balaban J connectivity index is 1.71. The van der Waals surface area contributed by atoms with Crippen LogP contribution in [-0.4, -0.2) is 18.0 Å². The maximum absolute atomic E-state index is 6.22. The zero-order valence-electron chi connectivity index (χ0n) is 12.8. The third kappa shape index (κ3) is 3.14. The van der Waals surface area contributed by atoms with Crippen LogP contribution >= 0.6 is 11.6 Å². The summed E-state index contributed by atoms with van der Waals surface area (Å²) in [4.78, 5) is 2.56. The molecule has 0 radical (unpaired) electrons. The van der Waals surface area contributed by atoms with Crippen LogP contribution in [0.3, 0.4) is 0 Å². The number of nitrogens with zero attached hydrogens (tertiary/aromatic N) is 1. The van der Waals surface area contributed by atoms with Crippen molar-refractivity contribution in [2.45, 2.75) is 32.7 Å². The highest BCUT2D eigenvalue weighted by atomic mass is 35.5. The minimum absolute atomic E-state index is 0.643. The summed E-state index contributed by atoms with van der Waals surface area (Å²) in [5, 5.41) is 0.885. The van der Waals surface area contributed by atoms with Gasteiger partial charge in [0.05, 0.1) is 0 Å². The summed E-state index contributed by atoms with van der Waals surface area (Å²) >= 11 is 6.22. The van der Waals surface area contributed by atoms with Gasteiger partial charge in [-0.3, -0.25) is 4.90 Å². The van der Waals surface area contributed by atoms with Crippen LogP contribution in [0, 0.1) is 13.8 Å². The molecule has 0 spiro atoms. The van der Waals surface area contributed by atoms with E-state index < -0.39 is 0 Å². The summed E-state index contributed by atoms with van der Waals surface area (Å²) in [6.45, 7) is 7.72. The Morgan fingerprint density at radius 3 is 2.57 bits per heavy atom. The second kappa shape index (κ2) is 6.21. The fourth-order valence-electron chi connectivity index (χ4n) is 3.32. The monoisotopic (exact) mass is 299 g/mol. The van der Waals surface area contributed by atoms with Crippen molar-refractivity contribution < 1.29 is 0 Å². The highest BCUT2D eigenvalue weighted by Crippen LogP contribution is 2.33. The molecule has 1 nitrogen and oxygen atoms in total. The van der Waals surface area contributed by atoms with Crippen molar-refractivity contribution in [1.29, 1.82) is 0 Å². The standard InChI is InChI=1S/C19H22ClN/c1-14-15(2)19(20)9-8-18(14)17-10-11-21(13-17)12-16-6-4-3-5-7-16/h3-9,17H,10-13H2,1-2H3. The lowest BCUT2D eigenvalue weighted by molar-refractivity contribution is 0.327. The first-order chi connectivity index (χ1) is 10.1. The molecule has 1 unspecified atom stereocenters. The minimum atomic E-state index is 0.643. The molecular weight excluding hydrogens is 278 g/mol. The van der Waals surface area contributed by atoms with E-state index in [0.717, 1.165) is 18.1 Å². The number of benzene rings is 2. The van der Waals surface area contributed by atoms with E-state index in [1.807, 2.05) is 0 Å². The molecule has 21 heavy (non-hydrogen) atoms. The first kappa shape index (κ1) is 14.6. The molecule has 110 valence electrons. The van der Waals surface area contributed by atoms with Crippen molar-refractivity contribution in [2.24, 2.45) is 0 Å². The SMILES string of the molecule is Cc1c(Cl)ccc(C2CCN(Cc3ccccc3)C2)c1C. The van der Waals surface area contributed by atoms with Crippen LogP contribution in [0.5, 0.6) is 0 Å². The molecule has 1 heterocycles. The van der Waals surface area contributed by atoms with E-state index in [-0.39, 0.29) is 0 Å². The van der Waals surface area contributed by atoms with E-state index in [1.54, 1.807) is 0 Å². The van der Waals surface area contributed by atoms with Gasteiger partial charge >= 0.3 is 0 Å². The van der Waals surface area contributed by atoms with Crippen LogP contribution < -0.4 is 0 Å². The number of hydrogen-bond donors (Lipinski definition) is 0. The molecule has 1 aliphatic rings. The van der Waals surface area contributed by atoms with Crippen molar-refractivity contribution in [3.8, 4) is 0 Å². The van der Waals surface area contributed by atoms with Gasteiger partial charge in [0.2, 0.25) is 0 Å². The van der Waals surface area contributed by atoms with Gasteiger partial charge in [0, 0.05) is 18.1 Å². The topological polar surface area (TPSA) is 3.24 Å². The average molecular weight is 300 g/mol. The summed E-state index contributed by atoms with van der Waals surface area (Å²) < 4.78 is 0. The quantitative estimate of drug-likeness (QED) is 0.775. The van der Waals surface area contributed by atoms with Gasteiger partial charge in [-0.1, -0.05) is 48.0 Å². The zero-order chi connectivity index (χ0) is 14.8. The lowest BCUT2D eigenvalue weighted by atomic mass is 9.92. The summed E-state index contributed by atoms with van der Waals surface area (Å²) in [5.41, 5.74) is 5.49. The maximum Gasteiger partial charge on any atom is 0.0438 e. The Morgan fingerprint density at radius 2 is 1.81 bits per heavy atom. The molecular formula is C19H22ClN. The molecule has 2 aromatic carbocycles. The van der Waals surface area contributed by atoms with Gasteiger partial charge in [0.15, 0.2) is 0 Å². The van der Waals surface area contributed by atoms with Gasteiger partial charge in [0.25, 0.3) is 0 Å². The summed E-state index contributed by atoms with van der Waals surface area (Å²) in [7, 11) is 0. The summed E-state index contributed by atoms with van der Waals surface area (Å²) in [5.74, 6) is 0.643. The van der Waals surface area contributed by atoms with E-state index >= 15 is 0 Å². The van der Waals surface area contributed by atoms with Crippen molar-refractivity contribution in [3.63, 3.8) is 0 Å². The molecule has 2 heteroatoms. The lowest BCUT2D eigenvalue weighted by Crippen LogP contribution is -2.19. The van der Waals surface area contributed by atoms with Gasteiger partial charge in [-0.2, -0.15) is 0 Å².